The molecule has 0 bridgehead atoms. The van der Waals surface area contributed by atoms with E-state index in [0.717, 1.165) is 6.26 Å². The van der Waals surface area contributed by atoms with Crippen LogP contribution < -0.4 is 10.5 Å². The van der Waals surface area contributed by atoms with Crippen molar-refractivity contribution in [3.63, 3.8) is 0 Å². The van der Waals surface area contributed by atoms with Crippen molar-refractivity contribution in [1.82, 2.24) is 9.62 Å². The topological polar surface area (TPSA) is 92.5 Å². The predicted octanol–water partition coefficient (Wildman–Crippen LogP) is -0.736. The monoisotopic (exact) mass is 263 g/mol. The SMILES string of the molecule is CC[C@H](N)C(=O)N1CCC(NS(C)(=O)=O)CC1. The summed E-state index contributed by atoms with van der Waals surface area (Å²) >= 11 is 0. The summed E-state index contributed by atoms with van der Waals surface area (Å²) in [6, 6.07) is -0.499. The fourth-order valence-electron chi connectivity index (χ4n) is 1.93. The molecule has 100 valence electrons. The second-order valence-corrected chi connectivity index (χ2v) is 6.28. The fraction of sp³-hybridized carbons (Fsp3) is 0.900. The number of hydrogen-bond acceptors (Lipinski definition) is 4. The molecule has 0 aromatic rings. The second kappa shape index (κ2) is 5.79. The summed E-state index contributed by atoms with van der Waals surface area (Å²) in [6.07, 6.45) is 3.07. The highest BCUT2D eigenvalue weighted by atomic mass is 32.2. The summed E-state index contributed by atoms with van der Waals surface area (Å²) in [5, 5.41) is 0. The minimum atomic E-state index is -3.16. The molecular formula is C10H21N3O3S. The minimum Gasteiger partial charge on any atom is -0.341 e. The van der Waals surface area contributed by atoms with Gasteiger partial charge in [-0.15, -0.1) is 0 Å². The van der Waals surface area contributed by atoms with E-state index >= 15 is 0 Å². The number of nitrogens with one attached hydrogen (secondary N) is 1. The third-order valence-electron chi connectivity index (χ3n) is 2.94. The average molecular weight is 263 g/mol. The summed E-state index contributed by atoms with van der Waals surface area (Å²) in [6.45, 7) is 3.01. The standard InChI is InChI=1S/C10H21N3O3S/c1-3-9(11)10(14)13-6-4-8(5-7-13)12-17(2,15)16/h8-9,12H,3-7,11H2,1-2H3/t9-/m0/s1. The molecule has 0 aromatic heterocycles. The van der Waals surface area contributed by atoms with Crippen molar-refractivity contribution in [1.29, 1.82) is 0 Å². The van der Waals surface area contributed by atoms with Crippen LogP contribution in [0.15, 0.2) is 0 Å². The van der Waals surface area contributed by atoms with Crippen LogP contribution in [-0.4, -0.2) is 50.7 Å². The lowest BCUT2D eigenvalue weighted by Gasteiger charge is -2.33. The largest absolute Gasteiger partial charge is 0.341 e. The normalized spacial score (nSPS) is 20.3. The summed E-state index contributed by atoms with van der Waals surface area (Å²) < 4.78 is 24.7. The van der Waals surface area contributed by atoms with Crippen LogP contribution in [0, 0.1) is 0 Å². The van der Waals surface area contributed by atoms with Crippen LogP contribution in [0.1, 0.15) is 26.2 Å². The molecule has 1 aliphatic heterocycles. The van der Waals surface area contributed by atoms with E-state index in [0.29, 0.717) is 32.4 Å². The van der Waals surface area contributed by atoms with Crippen molar-refractivity contribution in [3.8, 4) is 0 Å². The predicted molar refractivity (Wildman–Crippen MR) is 65.8 cm³/mol. The van der Waals surface area contributed by atoms with Crippen LogP contribution in [0.4, 0.5) is 0 Å². The van der Waals surface area contributed by atoms with Gasteiger partial charge in [0.25, 0.3) is 0 Å². The Kier molecular flexibility index (Phi) is 4.91. The van der Waals surface area contributed by atoms with Crippen LogP contribution in [0.2, 0.25) is 0 Å². The number of hydrogen-bond donors (Lipinski definition) is 2. The number of amides is 1. The fourth-order valence-corrected chi connectivity index (χ4v) is 2.77. The van der Waals surface area contributed by atoms with Gasteiger partial charge in [0.05, 0.1) is 12.3 Å². The van der Waals surface area contributed by atoms with Gasteiger partial charge in [-0.2, -0.15) is 0 Å². The first-order valence-electron chi connectivity index (χ1n) is 5.85. The van der Waals surface area contributed by atoms with Gasteiger partial charge in [-0.25, -0.2) is 13.1 Å². The van der Waals surface area contributed by atoms with Gasteiger partial charge in [0.2, 0.25) is 15.9 Å². The van der Waals surface area contributed by atoms with E-state index in [9.17, 15) is 13.2 Å². The number of nitrogens with two attached hydrogens (primary N) is 1. The molecular weight excluding hydrogens is 242 g/mol. The smallest absolute Gasteiger partial charge is 0.239 e. The van der Waals surface area contributed by atoms with Crippen molar-refractivity contribution >= 4 is 15.9 Å². The number of carbonyl (C=O) groups excluding carboxylic acids is 1. The first kappa shape index (κ1) is 14.4. The summed E-state index contributed by atoms with van der Waals surface area (Å²) in [5.41, 5.74) is 5.68. The van der Waals surface area contributed by atoms with Gasteiger partial charge in [0.1, 0.15) is 0 Å². The second-order valence-electron chi connectivity index (χ2n) is 4.50. The maximum absolute atomic E-state index is 11.8. The van der Waals surface area contributed by atoms with E-state index in [-0.39, 0.29) is 11.9 Å². The Labute approximate surface area is 103 Å². The third-order valence-corrected chi connectivity index (χ3v) is 3.71. The Morgan fingerprint density at radius 1 is 1.47 bits per heavy atom. The highest BCUT2D eigenvalue weighted by Gasteiger charge is 2.26. The number of carbonyl (C=O) groups is 1. The molecule has 7 heteroatoms. The number of piperidine rings is 1. The van der Waals surface area contributed by atoms with E-state index < -0.39 is 16.1 Å². The Hall–Kier alpha value is -0.660. The number of rotatable bonds is 4. The highest BCUT2D eigenvalue weighted by molar-refractivity contribution is 7.88. The average Bonchev–Trinajstić information content (AvgIpc) is 2.26. The molecule has 1 aliphatic rings. The molecule has 0 radical (unpaired) electrons. The van der Waals surface area contributed by atoms with E-state index in [1.807, 2.05) is 6.92 Å². The van der Waals surface area contributed by atoms with Gasteiger partial charge < -0.3 is 10.6 Å². The van der Waals surface area contributed by atoms with Crippen molar-refractivity contribution in [2.45, 2.75) is 38.3 Å². The zero-order valence-electron chi connectivity index (χ0n) is 10.3. The zero-order valence-corrected chi connectivity index (χ0v) is 11.2. The Bertz CT molecular complexity index is 361. The maximum Gasteiger partial charge on any atom is 0.239 e. The van der Waals surface area contributed by atoms with Crippen LogP contribution in [0.25, 0.3) is 0 Å². The molecule has 17 heavy (non-hydrogen) atoms. The lowest BCUT2D eigenvalue weighted by Crippen LogP contribution is -2.50. The molecule has 1 amide bonds. The van der Waals surface area contributed by atoms with E-state index in [2.05, 4.69) is 4.72 Å². The van der Waals surface area contributed by atoms with Crippen LogP contribution >= 0.6 is 0 Å². The van der Waals surface area contributed by atoms with Gasteiger partial charge in [-0.1, -0.05) is 6.92 Å². The molecule has 1 rings (SSSR count). The van der Waals surface area contributed by atoms with Crippen LogP contribution in [-0.2, 0) is 14.8 Å². The van der Waals surface area contributed by atoms with Crippen LogP contribution in [0.3, 0.4) is 0 Å². The van der Waals surface area contributed by atoms with E-state index in [4.69, 9.17) is 5.73 Å². The molecule has 0 saturated carbocycles. The molecule has 0 unspecified atom stereocenters. The molecule has 1 fully saturated rings. The lowest BCUT2D eigenvalue weighted by molar-refractivity contribution is -0.133. The highest BCUT2D eigenvalue weighted by Crippen LogP contribution is 2.12. The molecule has 1 heterocycles. The van der Waals surface area contributed by atoms with Gasteiger partial charge in [-0.3, -0.25) is 4.79 Å². The van der Waals surface area contributed by atoms with Crippen molar-refractivity contribution < 1.29 is 13.2 Å². The van der Waals surface area contributed by atoms with Gasteiger partial charge in [-0.05, 0) is 19.3 Å². The quantitative estimate of drug-likeness (QED) is 0.699. The van der Waals surface area contributed by atoms with Crippen molar-refractivity contribution in [2.75, 3.05) is 19.3 Å². The molecule has 0 aromatic carbocycles. The zero-order chi connectivity index (χ0) is 13.1. The van der Waals surface area contributed by atoms with Gasteiger partial charge >= 0.3 is 0 Å². The minimum absolute atomic E-state index is 0.0368. The number of likely N-dealkylation sites (tertiary alicyclic amines) is 1. The Balaban J connectivity index is 2.43. The summed E-state index contributed by atoms with van der Waals surface area (Å²) in [5.74, 6) is -0.0368. The van der Waals surface area contributed by atoms with Crippen molar-refractivity contribution in [2.24, 2.45) is 5.73 Å². The van der Waals surface area contributed by atoms with Gasteiger partial charge in [0, 0.05) is 19.1 Å². The van der Waals surface area contributed by atoms with Crippen molar-refractivity contribution in [3.05, 3.63) is 0 Å². The summed E-state index contributed by atoms with van der Waals surface area (Å²) in [4.78, 5) is 13.5. The number of sulfonamides is 1. The molecule has 0 aliphatic carbocycles. The Morgan fingerprint density at radius 2 is 2.00 bits per heavy atom. The van der Waals surface area contributed by atoms with Crippen LogP contribution in [0.5, 0.6) is 0 Å². The number of nitrogens with zero attached hydrogens (tertiary/aromatic N) is 1. The third kappa shape index (κ3) is 4.61. The molecule has 6 nitrogen and oxygen atoms in total. The molecule has 3 N–H and O–H groups in total. The first-order chi connectivity index (χ1) is 7.83. The lowest BCUT2D eigenvalue weighted by atomic mass is 10.0. The first-order valence-corrected chi connectivity index (χ1v) is 7.74. The maximum atomic E-state index is 11.8. The Morgan fingerprint density at radius 3 is 2.41 bits per heavy atom. The molecule has 0 spiro atoms. The van der Waals surface area contributed by atoms with Gasteiger partial charge in [0.15, 0.2) is 0 Å². The molecule has 1 atom stereocenters. The van der Waals surface area contributed by atoms with E-state index in [1.54, 1.807) is 4.90 Å². The van der Waals surface area contributed by atoms with E-state index in [1.165, 1.54) is 0 Å². The molecule has 1 saturated heterocycles. The summed E-state index contributed by atoms with van der Waals surface area (Å²) in [7, 11) is -3.16.